The molecule has 0 atom stereocenters. The van der Waals surface area contributed by atoms with Crippen LogP contribution in [-0.4, -0.2) is 60.5 Å². The Kier molecular flexibility index (Phi) is 6.17. The van der Waals surface area contributed by atoms with E-state index in [1.54, 1.807) is 30.9 Å². The van der Waals surface area contributed by atoms with Gasteiger partial charge in [0.05, 0.1) is 6.33 Å². The minimum Gasteiger partial charge on any atom is -0.385 e. The number of piperidine rings is 1. The number of imidazole rings is 1. The molecule has 1 aromatic carbocycles. The average Bonchev–Trinajstić information content (AvgIpc) is 3.15. The van der Waals surface area contributed by atoms with Crippen molar-refractivity contribution < 1.29 is 17.9 Å². The lowest BCUT2D eigenvalue weighted by atomic mass is 9.85. The minimum absolute atomic E-state index is 0.0488. The van der Waals surface area contributed by atoms with Crippen molar-refractivity contribution >= 4 is 15.9 Å². The van der Waals surface area contributed by atoms with E-state index in [0.717, 1.165) is 0 Å². The number of rotatable bonds is 7. The molecule has 1 fully saturated rings. The molecule has 2 aromatic rings. The van der Waals surface area contributed by atoms with E-state index in [9.17, 15) is 13.2 Å². The summed E-state index contributed by atoms with van der Waals surface area (Å²) in [6.45, 7) is 1.12. The van der Waals surface area contributed by atoms with Gasteiger partial charge in [0.15, 0.2) is 5.03 Å². The number of carbonyl (C=O) groups excluding carboxylic acids is 1. The summed E-state index contributed by atoms with van der Waals surface area (Å²) in [5.41, 5.74) is 0.0850. The van der Waals surface area contributed by atoms with Crippen molar-refractivity contribution in [3.05, 3.63) is 48.4 Å². The molecule has 0 radical (unpaired) electrons. The second kappa shape index (κ2) is 8.42. The van der Waals surface area contributed by atoms with Gasteiger partial charge in [-0.3, -0.25) is 4.79 Å². The van der Waals surface area contributed by atoms with E-state index < -0.39 is 15.6 Å². The first-order chi connectivity index (χ1) is 13.4. The van der Waals surface area contributed by atoms with Crippen LogP contribution in [0.4, 0.5) is 0 Å². The number of carbonyl (C=O) groups is 1. The Morgan fingerprint density at radius 3 is 2.50 bits per heavy atom. The Bertz CT molecular complexity index is 903. The third kappa shape index (κ3) is 4.43. The first-order valence-electron chi connectivity index (χ1n) is 9.21. The summed E-state index contributed by atoms with van der Waals surface area (Å²) in [6, 6.07) is 9.02. The van der Waals surface area contributed by atoms with Gasteiger partial charge in [-0.1, -0.05) is 18.2 Å². The lowest BCUT2D eigenvalue weighted by molar-refractivity contribution is 0.0783. The number of hydrogen-bond donors (Lipinski definition) is 1. The van der Waals surface area contributed by atoms with Gasteiger partial charge in [0.2, 0.25) is 0 Å². The summed E-state index contributed by atoms with van der Waals surface area (Å²) in [7, 11) is -0.283. The van der Waals surface area contributed by atoms with Gasteiger partial charge in [0, 0.05) is 51.2 Å². The number of aryl methyl sites for hydroxylation is 1. The largest absolute Gasteiger partial charge is 0.385 e. The number of amides is 1. The predicted octanol–water partition coefficient (Wildman–Crippen LogP) is 1.41. The highest BCUT2D eigenvalue weighted by Gasteiger charge is 2.40. The second-order valence-electron chi connectivity index (χ2n) is 7.12. The maximum absolute atomic E-state index is 12.8. The number of hydrogen-bond acceptors (Lipinski definition) is 5. The van der Waals surface area contributed by atoms with Gasteiger partial charge in [-0.15, -0.1) is 0 Å². The van der Waals surface area contributed by atoms with Gasteiger partial charge < -0.3 is 14.6 Å². The monoisotopic (exact) mass is 406 g/mol. The normalized spacial score (nSPS) is 17.4. The number of ether oxygens (including phenoxy) is 1. The van der Waals surface area contributed by atoms with Crippen LogP contribution in [0.5, 0.6) is 0 Å². The minimum atomic E-state index is -3.64. The molecular weight excluding hydrogens is 380 g/mol. The molecule has 152 valence electrons. The molecule has 9 heteroatoms. The van der Waals surface area contributed by atoms with Crippen molar-refractivity contribution in [1.29, 1.82) is 0 Å². The molecule has 1 N–H and O–H groups in total. The summed E-state index contributed by atoms with van der Waals surface area (Å²) >= 11 is 0. The van der Waals surface area contributed by atoms with Crippen molar-refractivity contribution in [2.75, 3.05) is 26.8 Å². The molecule has 2 heterocycles. The number of sulfonamides is 1. The Labute approximate surface area is 165 Å². The summed E-state index contributed by atoms with van der Waals surface area (Å²) < 4.78 is 33.9. The molecule has 28 heavy (non-hydrogen) atoms. The Morgan fingerprint density at radius 1 is 1.25 bits per heavy atom. The zero-order valence-electron chi connectivity index (χ0n) is 16.2. The van der Waals surface area contributed by atoms with Crippen LogP contribution in [0.2, 0.25) is 0 Å². The highest BCUT2D eigenvalue weighted by atomic mass is 32.2. The SMILES string of the molecule is COCCC1(NC(=O)c2ccccc2)CCN(S(=O)(=O)c2cn(C)cn2)CC1. The van der Waals surface area contributed by atoms with E-state index in [2.05, 4.69) is 10.3 Å². The van der Waals surface area contributed by atoms with Crippen molar-refractivity contribution in [2.24, 2.45) is 7.05 Å². The van der Waals surface area contributed by atoms with Crippen LogP contribution in [-0.2, 0) is 21.8 Å². The second-order valence-corrected chi connectivity index (χ2v) is 9.01. The molecule has 1 aromatic heterocycles. The fourth-order valence-corrected chi connectivity index (χ4v) is 4.85. The molecule has 3 rings (SSSR count). The van der Waals surface area contributed by atoms with E-state index in [1.165, 1.54) is 16.8 Å². The molecule has 0 aliphatic carbocycles. The number of nitrogens with zero attached hydrogens (tertiary/aromatic N) is 3. The van der Waals surface area contributed by atoms with Gasteiger partial charge >= 0.3 is 0 Å². The van der Waals surface area contributed by atoms with Crippen molar-refractivity contribution in [2.45, 2.75) is 29.8 Å². The Hall–Kier alpha value is -2.23. The van der Waals surface area contributed by atoms with E-state index in [1.807, 2.05) is 18.2 Å². The van der Waals surface area contributed by atoms with Crippen molar-refractivity contribution in [3.63, 3.8) is 0 Å². The molecule has 8 nitrogen and oxygen atoms in total. The van der Waals surface area contributed by atoms with E-state index in [-0.39, 0.29) is 10.9 Å². The van der Waals surface area contributed by atoms with Gasteiger partial charge in [-0.2, -0.15) is 4.31 Å². The van der Waals surface area contributed by atoms with Crippen molar-refractivity contribution in [1.82, 2.24) is 19.2 Å². The van der Waals surface area contributed by atoms with Crippen molar-refractivity contribution in [3.8, 4) is 0 Å². The topological polar surface area (TPSA) is 93.5 Å². The Morgan fingerprint density at radius 2 is 1.93 bits per heavy atom. The number of aromatic nitrogens is 2. The van der Waals surface area contributed by atoms with E-state index in [4.69, 9.17) is 4.74 Å². The lowest BCUT2D eigenvalue weighted by Crippen LogP contribution is -2.56. The van der Waals surface area contributed by atoms with Crippen LogP contribution in [0, 0.1) is 0 Å². The molecule has 1 aliphatic rings. The third-order valence-corrected chi connectivity index (χ3v) is 6.95. The van der Waals surface area contributed by atoms with Crippen LogP contribution in [0.1, 0.15) is 29.6 Å². The summed E-state index contributed by atoms with van der Waals surface area (Å²) in [5, 5.41) is 3.19. The van der Waals surface area contributed by atoms with Crippen LogP contribution in [0.3, 0.4) is 0 Å². The van der Waals surface area contributed by atoms with E-state index in [0.29, 0.717) is 44.5 Å². The molecule has 0 spiro atoms. The summed E-state index contributed by atoms with van der Waals surface area (Å²) in [4.78, 5) is 16.7. The van der Waals surface area contributed by atoms with Crippen LogP contribution in [0.25, 0.3) is 0 Å². The van der Waals surface area contributed by atoms with Crippen LogP contribution in [0.15, 0.2) is 47.9 Å². The summed E-state index contributed by atoms with van der Waals surface area (Å²) in [5.74, 6) is -0.155. The first kappa shape index (κ1) is 20.5. The molecule has 0 unspecified atom stereocenters. The van der Waals surface area contributed by atoms with Crippen LogP contribution < -0.4 is 5.32 Å². The molecular formula is C19H26N4O4S. The fourth-order valence-electron chi connectivity index (χ4n) is 3.45. The van der Waals surface area contributed by atoms with Gasteiger partial charge in [0.25, 0.3) is 15.9 Å². The highest BCUT2D eigenvalue weighted by Crippen LogP contribution is 2.29. The number of nitrogens with one attached hydrogen (secondary N) is 1. The highest BCUT2D eigenvalue weighted by molar-refractivity contribution is 7.89. The van der Waals surface area contributed by atoms with Crippen LogP contribution >= 0.6 is 0 Å². The van der Waals surface area contributed by atoms with E-state index >= 15 is 0 Å². The Balaban J connectivity index is 1.73. The van der Waals surface area contributed by atoms with Gasteiger partial charge in [-0.25, -0.2) is 13.4 Å². The van der Waals surface area contributed by atoms with Gasteiger partial charge in [-0.05, 0) is 31.4 Å². The first-order valence-corrected chi connectivity index (χ1v) is 10.6. The average molecular weight is 407 g/mol. The quantitative estimate of drug-likeness (QED) is 0.750. The molecule has 0 bridgehead atoms. The third-order valence-electron chi connectivity index (χ3n) is 5.16. The zero-order valence-corrected chi connectivity index (χ0v) is 17.0. The lowest BCUT2D eigenvalue weighted by Gasteiger charge is -2.41. The standard InChI is InChI=1S/C19H26N4O4S/c1-22-14-17(20-15-22)28(25,26)23-11-8-19(9-12-23,10-13-27-2)21-18(24)16-6-4-3-5-7-16/h3-7,14-15H,8-13H2,1-2H3,(H,21,24). The van der Waals surface area contributed by atoms with Gasteiger partial charge in [0.1, 0.15) is 0 Å². The summed E-state index contributed by atoms with van der Waals surface area (Å²) in [6.07, 6.45) is 4.63. The number of methoxy groups -OCH3 is 1. The smallest absolute Gasteiger partial charge is 0.262 e. The maximum Gasteiger partial charge on any atom is 0.262 e. The predicted molar refractivity (Wildman–Crippen MR) is 104 cm³/mol. The molecule has 1 aliphatic heterocycles. The molecule has 1 amide bonds. The molecule has 1 saturated heterocycles. The molecule has 0 saturated carbocycles. The maximum atomic E-state index is 12.8. The zero-order chi connectivity index (χ0) is 20.2. The number of benzene rings is 1. The fraction of sp³-hybridized carbons (Fsp3) is 0.474.